The Balaban J connectivity index is 1.32. The van der Waals surface area contributed by atoms with Crippen LogP contribution in [0.15, 0.2) is 152 Å². The normalized spacial score (nSPS) is 12.3. The Bertz CT molecular complexity index is 3420. The molecule has 8 aromatic carbocycles. The van der Waals surface area contributed by atoms with Crippen molar-refractivity contribution in [1.82, 2.24) is 14.5 Å². The highest BCUT2D eigenvalue weighted by atomic mass is 32.1. The molecule has 0 unspecified atom stereocenters. The summed E-state index contributed by atoms with van der Waals surface area (Å²) in [6, 6.07) is 54.7. The summed E-state index contributed by atoms with van der Waals surface area (Å²) >= 11 is 3.65. The van der Waals surface area contributed by atoms with Crippen molar-refractivity contribution in [2.45, 2.75) is 0 Å². The highest BCUT2D eigenvalue weighted by Gasteiger charge is 2.25. The second-order valence-electron chi connectivity index (χ2n) is 13.2. The first-order valence-electron chi connectivity index (χ1n) is 17.2. The molecule has 0 saturated heterocycles. The van der Waals surface area contributed by atoms with E-state index in [4.69, 9.17) is 9.97 Å². The zero-order chi connectivity index (χ0) is 33.2. The Hall–Kier alpha value is -6.14. The molecule has 0 radical (unpaired) electrons. The third-order valence-electron chi connectivity index (χ3n) is 10.6. The third-order valence-corrected chi connectivity index (χ3v) is 12.9. The fourth-order valence-electron chi connectivity index (χ4n) is 8.53. The van der Waals surface area contributed by atoms with E-state index in [0.717, 1.165) is 27.0 Å². The maximum Gasteiger partial charge on any atom is 0.236 e. The van der Waals surface area contributed by atoms with Crippen molar-refractivity contribution < 1.29 is 0 Å². The van der Waals surface area contributed by atoms with E-state index in [0.29, 0.717) is 5.95 Å². The average molecular weight is 684 g/mol. The van der Waals surface area contributed by atoms with Gasteiger partial charge >= 0.3 is 0 Å². The smallest absolute Gasteiger partial charge is 0.236 e. The maximum absolute atomic E-state index is 5.63. The van der Waals surface area contributed by atoms with Crippen LogP contribution < -0.4 is 0 Å². The van der Waals surface area contributed by atoms with Crippen LogP contribution in [-0.2, 0) is 0 Å². The van der Waals surface area contributed by atoms with Crippen LogP contribution in [0.1, 0.15) is 0 Å². The Labute approximate surface area is 299 Å². The van der Waals surface area contributed by atoms with Crippen LogP contribution in [0, 0.1) is 0 Å². The molecular formula is C46H25N3S2. The van der Waals surface area contributed by atoms with Gasteiger partial charge in [0.1, 0.15) is 4.83 Å². The van der Waals surface area contributed by atoms with E-state index in [-0.39, 0.29) is 0 Å². The first kappa shape index (κ1) is 27.7. The van der Waals surface area contributed by atoms with Gasteiger partial charge in [0.25, 0.3) is 0 Å². The predicted octanol–water partition coefficient (Wildman–Crippen LogP) is 13.4. The lowest BCUT2D eigenvalue weighted by molar-refractivity contribution is 1.02. The lowest BCUT2D eigenvalue weighted by atomic mass is 9.96. The Morgan fingerprint density at radius 2 is 0.961 bits per heavy atom. The molecule has 0 aliphatic carbocycles. The van der Waals surface area contributed by atoms with Gasteiger partial charge in [-0.25, -0.2) is 9.97 Å². The molecule has 12 rings (SSSR count). The topological polar surface area (TPSA) is 30.7 Å². The predicted molar refractivity (Wildman–Crippen MR) is 220 cm³/mol. The molecule has 0 N–H and O–H groups in total. The standard InChI is InChI=1S/C46H25N3S2/c1-2-14-26(15-3-1)41-40-39-29-18-6-4-16-27(29)28-17-5-9-21-32(28)43(39)51-45(40)48-46(47-41)49-35-24-12-10-22-33(35)37-30-19-7-8-20-31(30)38-34-23-11-13-25-36(34)50-44(38)42(37)49/h1-25H. The minimum Gasteiger partial charge on any atom is -0.276 e. The number of benzene rings is 8. The quantitative estimate of drug-likeness (QED) is 0.170. The minimum atomic E-state index is 0.696. The summed E-state index contributed by atoms with van der Waals surface area (Å²) in [5.41, 5.74) is 4.32. The number of nitrogens with zero attached hydrogens (tertiary/aromatic N) is 3. The van der Waals surface area contributed by atoms with E-state index in [1.165, 1.54) is 78.9 Å². The highest BCUT2D eigenvalue weighted by molar-refractivity contribution is 7.27. The first-order valence-corrected chi connectivity index (χ1v) is 18.8. The first-order chi connectivity index (χ1) is 25.3. The van der Waals surface area contributed by atoms with Crippen molar-refractivity contribution in [3.8, 4) is 17.2 Å². The van der Waals surface area contributed by atoms with Crippen molar-refractivity contribution in [2.75, 3.05) is 0 Å². The minimum absolute atomic E-state index is 0.696. The summed E-state index contributed by atoms with van der Waals surface area (Å²) in [7, 11) is 0. The zero-order valence-corrected chi connectivity index (χ0v) is 28.7. The van der Waals surface area contributed by atoms with Crippen LogP contribution in [0.25, 0.3) is 112 Å². The lowest BCUT2D eigenvalue weighted by Crippen LogP contribution is -2.02. The molecule has 5 heteroatoms. The molecule has 0 bridgehead atoms. The molecule has 4 heterocycles. The van der Waals surface area contributed by atoms with E-state index < -0.39 is 0 Å². The van der Waals surface area contributed by atoms with Gasteiger partial charge in [0.05, 0.1) is 21.4 Å². The Kier molecular flexibility index (Phi) is 5.53. The fourth-order valence-corrected chi connectivity index (χ4v) is 11.0. The Morgan fingerprint density at radius 3 is 1.73 bits per heavy atom. The molecule has 0 spiro atoms. The summed E-state index contributed by atoms with van der Waals surface area (Å²) in [6.45, 7) is 0. The second-order valence-corrected chi connectivity index (χ2v) is 15.3. The summed E-state index contributed by atoms with van der Waals surface area (Å²) in [5.74, 6) is 0.696. The van der Waals surface area contributed by atoms with E-state index in [1.54, 1.807) is 11.3 Å². The number of thiophene rings is 2. The molecule has 3 nitrogen and oxygen atoms in total. The number of aromatic nitrogens is 3. The largest absolute Gasteiger partial charge is 0.276 e. The van der Waals surface area contributed by atoms with Gasteiger partial charge in [-0.3, -0.25) is 4.57 Å². The molecule has 12 aromatic rings. The summed E-state index contributed by atoms with van der Waals surface area (Å²) in [5, 5.41) is 14.9. The van der Waals surface area contributed by atoms with Gasteiger partial charge < -0.3 is 0 Å². The summed E-state index contributed by atoms with van der Waals surface area (Å²) in [6.07, 6.45) is 0. The highest BCUT2D eigenvalue weighted by Crippen LogP contribution is 2.49. The van der Waals surface area contributed by atoms with E-state index >= 15 is 0 Å². The summed E-state index contributed by atoms with van der Waals surface area (Å²) < 4.78 is 6.15. The molecule has 0 saturated carbocycles. The van der Waals surface area contributed by atoms with Gasteiger partial charge in [0.15, 0.2) is 0 Å². The molecule has 51 heavy (non-hydrogen) atoms. The van der Waals surface area contributed by atoms with Gasteiger partial charge in [0.2, 0.25) is 5.95 Å². The molecule has 4 aromatic heterocycles. The number of rotatable bonds is 2. The van der Waals surface area contributed by atoms with Crippen LogP contribution in [0.4, 0.5) is 0 Å². The van der Waals surface area contributed by atoms with Crippen molar-refractivity contribution in [2.24, 2.45) is 0 Å². The van der Waals surface area contributed by atoms with E-state index in [1.807, 2.05) is 11.3 Å². The molecule has 0 aliphatic heterocycles. The third kappa shape index (κ3) is 3.66. The number of hydrogen-bond acceptors (Lipinski definition) is 4. The maximum atomic E-state index is 5.63. The van der Waals surface area contributed by atoms with Crippen LogP contribution in [0.5, 0.6) is 0 Å². The van der Waals surface area contributed by atoms with Crippen LogP contribution in [-0.4, -0.2) is 14.5 Å². The molecule has 0 fully saturated rings. The van der Waals surface area contributed by atoms with Gasteiger partial charge in [-0.2, -0.15) is 0 Å². The monoisotopic (exact) mass is 683 g/mol. The second kappa shape index (κ2) is 10.2. The van der Waals surface area contributed by atoms with E-state index in [2.05, 4.69) is 156 Å². The van der Waals surface area contributed by atoms with Gasteiger partial charge in [-0.05, 0) is 39.1 Å². The average Bonchev–Trinajstić information content (AvgIpc) is 3.89. The number of fused-ring (bicyclic) bond motifs is 18. The van der Waals surface area contributed by atoms with Crippen molar-refractivity contribution in [3.63, 3.8) is 0 Å². The van der Waals surface area contributed by atoms with Crippen LogP contribution >= 0.6 is 22.7 Å². The van der Waals surface area contributed by atoms with Gasteiger partial charge in [-0.15, -0.1) is 22.7 Å². The summed E-state index contributed by atoms with van der Waals surface area (Å²) in [4.78, 5) is 12.2. The van der Waals surface area contributed by atoms with Gasteiger partial charge in [-0.1, -0.05) is 140 Å². The van der Waals surface area contributed by atoms with Crippen molar-refractivity contribution in [3.05, 3.63) is 152 Å². The van der Waals surface area contributed by atoms with Gasteiger partial charge in [0, 0.05) is 52.7 Å². The zero-order valence-electron chi connectivity index (χ0n) is 27.1. The van der Waals surface area contributed by atoms with Crippen molar-refractivity contribution in [1.29, 1.82) is 0 Å². The SMILES string of the molecule is c1ccc(-c2nc(-n3c4ccccc4c4c5ccccc5c5c6ccccc6sc5c43)nc3sc4c5ccccc5c5ccccc5c4c23)cc1. The fraction of sp³-hybridized carbons (Fsp3) is 0. The molecule has 0 aliphatic rings. The molecular weight excluding hydrogens is 659 g/mol. The van der Waals surface area contributed by atoms with E-state index in [9.17, 15) is 0 Å². The van der Waals surface area contributed by atoms with Crippen LogP contribution in [0.2, 0.25) is 0 Å². The molecule has 0 amide bonds. The van der Waals surface area contributed by atoms with Crippen LogP contribution in [0.3, 0.4) is 0 Å². The Morgan fingerprint density at radius 1 is 0.392 bits per heavy atom. The molecule has 0 atom stereocenters. The molecule has 236 valence electrons. The van der Waals surface area contributed by atoms with Crippen molar-refractivity contribution >= 4 is 117 Å². The number of hydrogen-bond donors (Lipinski definition) is 0. The lowest BCUT2D eigenvalue weighted by Gasteiger charge is -2.12. The number of para-hydroxylation sites is 1.